The number of piperidine rings is 1. The molecule has 5 heteroatoms. The number of hydrogen-bond acceptors (Lipinski definition) is 4. The zero-order chi connectivity index (χ0) is 17.8. The van der Waals surface area contributed by atoms with E-state index >= 15 is 0 Å². The summed E-state index contributed by atoms with van der Waals surface area (Å²) in [6.07, 6.45) is 1.78. The van der Waals surface area contributed by atoms with Crippen LogP contribution in [0.5, 0.6) is 0 Å². The molecule has 3 rings (SSSR count). The molecular formula is C20H22N2O2S. The molecule has 0 spiro atoms. The van der Waals surface area contributed by atoms with Crippen LogP contribution in [0.4, 0.5) is 5.69 Å². The molecule has 2 aromatic rings. The Bertz CT molecular complexity index is 783. The van der Waals surface area contributed by atoms with Gasteiger partial charge in [0.25, 0.3) is 5.91 Å². The van der Waals surface area contributed by atoms with Crippen LogP contribution in [0.25, 0.3) is 0 Å². The third-order valence-corrected chi connectivity index (χ3v) is 5.03. The number of Topliss-reactive ketones (excluding diaryl/α,β-unsaturated/α-hetero) is 1. The van der Waals surface area contributed by atoms with E-state index < -0.39 is 0 Å². The van der Waals surface area contributed by atoms with Crippen molar-refractivity contribution in [1.29, 1.82) is 0 Å². The molecule has 0 unspecified atom stereocenters. The van der Waals surface area contributed by atoms with Gasteiger partial charge in [0.15, 0.2) is 5.78 Å². The number of benzene rings is 2. The Morgan fingerprint density at radius 2 is 1.80 bits per heavy atom. The molecule has 130 valence electrons. The first-order valence-electron chi connectivity index (χ1n) is 8.47. The van der Waals surface area contributed by atoms with Gasteiger partial charge in [0, 0.05) is 22.1 Å². The van der Waals surface area contributed by atoms with Gasteiger partial charge in [0.05, 0.1) is 5.56 Å². The molecule has 0 atom stereocenters. The van der Waals surface area contributed by atoms with Crippen LogP contribution in [0.15, 0.2) is 53.4 Å². The van der Waals surface area contributed by atoms with Gasteiger partial charge in [-0.2, -0.15) is 0 Å². The molecule has 4 nitrogen and oxygen atoms in total. The number of carbonyl (C=O) groups is 2. The third kappa shape index (κ3) is 4.30. The fourth-order valence-corrected chi connectivity index (χ4v) is 3.38. The van der Waals surface area contributed by atoms with E-state index in [-0.39, 0.29) is 17.6 Å². The van der Waals surface area contributed by atoms with E-state index in [0.717, 1.165) is 25.9 Å². The first-order chi connectivity index (χ1) is 12.0. The fourth-order valence-electron chi connectivity index (χ4n) is 3.12. The zero-order valence-corrected chi connectivity index (χ0v) is 15.1. The minimum absolute atomic E-state index is 0.0697. The second-order valence-electron chi connectivity index (χ2n) is 6.49. The highest BCUT2D eigenvalue weighted by Gasteiger charge is 2.24. The lowest BCUT2D eigenvalue weighted by Gasteiger charge is -2.28. The van der Waals surface area contributed by atoms with Gasteiger partial charge < -0.3 is 10.2 Å². The number of nitrogens with zero attached hydrogens (tertiary/aromatic N) is 1. The number of ketones is 1. The first-order valence-corrected chi connectivity index (χ1v) is 8.91. The van der Waals surface area contributed by atoms with E-state index in [2.05, 4.69) is 29.9 Å². The Hall–Kier alpha value is -2.11. The number of carbonyl (C=O) groups excluding carboxylic acids is 2. The average molecular weight is 354 g/mol. The van der Waals surface area contributed by atoms with Gasteiger partial charge in [-0.05, 0) is 57.2 Å². The maximum Gasteiger partial charge on any atom is 0.256 e. The predicted octanol–water partition coefficient (Wildman–Crippen LogP) is 3.75. The molecule has 2 aromatic carbocycles. The Morgan fingerprint density at radius 1 is 1.08 bits per heavy atom. The maximum absolute atomic E-state index is 12.7. The van der Waals surface area contributed by atoms with Crippen molar-refractivity contribution in [2.24, 2.45) is 5.92 Å². The van der Waals surface area contributed by atoms with E-state index in [1.807, 2.05) is 18.2 Å². The number of anilines is 1. The summed E-state index contributed by atoms with van der Waals surface area (Å²) in [6.45, 7) is 1.90. The lowest BCUT2D eigenvalue weighted by Crippen LogP contribution is -2.33. The summed E-state index contributed by atoms with van der Waals surface area (Å²) in [4.78, 5) is 28.0. The van der Waals surface area contributed by atoms with Crippen LogP contribution in [0.2, 0.25) is 0 Å². The number of hydrogen-bond donors (Lipinski definition) is 2. The van der Waals surface area contributed by atoms with Crippen LogP contribution in [0.3, 0.4) is 0 Å². The van der Waals surface area contributed by atoms with Gasteiger partial charge in [-0.25, -0.2) is 0 Å². The molecule has 1 aliphatic rings. The van der Waals surface area contributed by atoms with Gasteiger partial charge in [0.1, 0.15) is 0 Å². The molecule has 1 heterocycles. The van der Waals surface area contributed by atoms with Crippen LogP contribution >= 0.6 is 12.6 Å². The highest BCUT2D eigenvalue weighted by molar-refractivity contribution is 7.80. The summed E-state index contributed by atoms with van der Waals surface area (Å²) < 4.78 is 0. The molecule has 1 amide bonds. The second kappa shape index (κ2) is 7.85. The number of thiol groups is 1. The monoisotopic (exact) mass is 354 g/mol. The van der Waals surface area contributed by atoms with Crippen molar-refractivity contribution in [3.8, 4) is 0 Å². The fraction of sp³-hybridized carbons (Fsp3) is 0.300. The molecule has 1 fully saturated rings. The third-order valence-electron chi connectivity index (χ3n) is 4.64. The van der Waals surface area contributed by atoms with Crippen molar-refractivity contribution >= 4 is 30.0 Å². The van der Waals surface area contributed by atoms with E-state index in [4.69, 9.17) is 0 Å². The zero-order valence-electron chi connectivity index (χ0n) is 14.2. The van der Waals surface area contributed by atoms with Gasteiger partial charge in [0.2, 0.25) is 0 Å². The van der Waals surface area contributed by atoms with E-state index in [9.17, 15) is 9.59 Å². The summed E-state index contributed by atoms with van der Waals surface area (Å²) in [5.74, 6) is 0.00797. The minimum atomic E-state index is -0.227. The van der Waals surface area contributed by atoms with Crippen molar-refractivity contribution in [2.75, 3.05) is 25.5 Å². The minimum Gasteiger partial charge on any atom is -0.322 e. The first kappa shape index (κ1) is 17.7. The van der Waals surface area contributed by atoms with Crippen LogP contribution in [0.1, 0.15) is 33.6 Å². The van der Waals surface area contributed by atoms with Gasteiger partial charge in [-0.15, -0.1) is 12.6 Å². The van der Waals surface area contributed by atoms with Crippen LogP contribution in [-0.2, 0) is 0 Å². The Labute approximate surface area is 153 Å². The van der Waals surface area contributed by atoms with Crippen molar-refractivity contribution in [3.63, 3.8) is 0 Å². The molecule has 0 bridgehead atoms. The Balaban J connectivity index is 1.72. The molecule has 0 aromatic heterocycles. The van der Waals surface area contributed by atoms with Crippen molar-refractivity contribution in [1.82, 2.24) is 4.90 Å². The summed E-state index contributed by atoms with van der Waals surface area (Å²) >= 11 is 4.31. The van der Waals surface area contributed by atoms with E-state index in [0.29, 0.717) is 21.7 Å². The second-order valence-corrected chi connectivity index (χ2v) is 6.98. The summed E-state index contributed by atoms with van der Waals surface area (Å²) in [6, 6.07) is 14.3. The Morgan fingerprint density at radius 3 is 2.52 bits per heavy atom. The van der Waals surface area contributed by atoms with Gasteiger partial charge in [-0.1, -0.05) is 24.3 Å². The quantitative estimate of drug-likeness (QED) is 0.649. The van der Waals surface area contributed by atoms with E-state index in [1.165, 1.54) is 0 Å². The van der Waals surface area contributed by atoms with Crippen molar-refractivity contribution < 1.29 is 9.59 Å². The summed E-state index contributed by atoms with van der Waals surface area (Å²) in [7, 11) is 2.08. The van der Waals surface area contributed by atoms with Crippen LogP contribution < -0.4 is 5.32 Å². The predicted molar refractivity (Wildman–Crippen MR) is 103 cm³/mol. The number of nitrogens with one attached hydrogen (secondary N) is 1. The van der Waals surface area contributed by atoms with Crippen molar-refractivity contribution in [3.05, 3.63) is 59.7 Å². The van der Waals surface area contributed by atoms with Crippen molar-refractivity contribution in [2.45, 2.75) is 17.7 Å². The standard InChI is InChI=1S/C20H22N2O2S/c1-22-11-9-14(10-12-22)19(23)15-5-4-6-16(13-15)21-20(24)17-7-2-3-8-18(17)25/h2-8,13-14,25H,9-12H2,1H3,(H,21,24). The smallest absolute Gasteiger partial charge is 0.256 e. The molecule has 1 saturated heterocycles. The highest BCUT2D eigenvalue weighted by atomic mass is 32.1. The lowest BCUT2D eigenvalue weighted by atomic mass is 9.89. The topological polar surface area (TPSA) is 49.4 Å². The van der Waals surface area contributed by atoms with E-state index in [1.54, 1.807) is 30.3 Å². The van der Waals surface area contributed by atoms with Crippen LogP contribution in [0, 0.1) is 5.92 Å². The molecule has 1 aliphatic heterocycles. The number of amides is 1. The average Bonchev–Trinajstić information content (AvgIpc) is 2.62. The summed E-state index contributed by atoms with van der Waals surface area (Å²) in [5.41, 5.74) is 1.80. The number of likely N-dealkylation sites (tertiary alicyclic amines) is 1. The maximum atomic E-state index is 12.7. The largest absolute Gasteiger partial charge is 0.322 e. The van der Waals surface area contributed by atoms with Gasteiger partial charge in [-0.3, -0.25) is 9.59 Å². The molecule has 0 radical (unpaired) electrons. The number of rotatable bonds is 4. The molecule has 0 aliphatic carbocycles. The lowest BCUT2D eigenvalue weighted by molar-refractivity contribution is 0.0856. The molecule has 25 heavy (non-hydrogen) atoms. The SMILES string of the molecule is CN1CCC(C(=O)c2cccc(NC(=O)c3ccccc3S)c2)CC1. The summed E-state index contributed by atoms with van der Waals surface area (Å²) in [5, 5.41) is 2.86. The molecular weight excluding hydrogens is 332 g/mol. The Kier molecular flexibility index (Phi) is 5.56. The molecule has 0 saturated carbocycles. The molecule has 1 N–H and O–H groups in total. The highest BCUT2D eigenvalue weighted by Crippen LogP contribution is 2.23. The van der Waals surface area contributed by atoms with Crippen LogP contribution in [-0.4, -0.2) is 36.7 Å². The van der Waals surface area contributed by atoms with Gasteiger partial charge >= 0.3 is 0 Å². The normalized spacial score (nSPS) is 15.8.